The van der Waals surface area contributed by atoms with Gasteiger partial charge in [-0.1, -0.05) is 20.3 Å². The first-order valence-electron chi connectivity index (χ1n) is 11.3. The zero-order chi connectivity index (χ0) is 27.1. The van der Waals surface area contributed by atoms with E-state index in [1.165, 1.54) is 11.8 Å². The van der Waals surface area contributed by atoms with Crippen LogP contribution in [0.5, 0.6) is 0 Å². The van der Waals surface area contributed by atoms with Crippen molar-refractivity contribution in [2.75, 3.05) is 12.0 Å². The molecule has 0 saturated carbocycles. The molecule has 0 radical (unpaired) electrons. The minimum Gasteiger partial charge on any atom is -0.480 e. The SMILES string of the molecule is CCC(C)C(N)C(=O)NC(CCC(N)=O)C(=O)NC(CCSC)C(=O)NC(CCC(N)=O)C(=O)O. The average molecular weight is 519 g/mol. The van der Waals surface area contributed by atoms with Crippen molar-refractivity contribution in [1.29, 1.82) is 0 Å². The molecule has 10 N–H and O–H groups in total. The largest absolute Gasteiger partial charge is 0.480 e. The zero-order valence-electron chi connectivity index (χ0n) is 20.4. The highest BCUT2D eigenvalue weighted by Crippen LogP contribution is 2.08. The van der Waals surface area contributed by atoms with Crippen LogP contribution in [0.4, 0.5) is 0 Å². The van der Waals surface area contributed by atoms with E-state index >= 15 is 0 Å². The van der Waals surface area contributed by atoms with Crippen molar-refractivity contribution in [2.24, 2.45) is 23.1 Å². The third-order valence-electron chi connectivity index (χ3n) is 5.41. The number of aliphatic carboxylic acids is 1. The summed E-state index contributed by atoms with van der Waals surface area (Å²) >= 11 is 1.40. The number of thioether (sulfide) groups is 1. The lowest BCUT2D eigenvalue weighted by atomic mass is 9.98. The van der Waals surface area contributed by atoms with Crippen molar-refractivity contribution in [3.63, 3.8) is 0 Å². The van der Waals surface area contributed by atoms with E-state index in [1.807, 2.05) is 6.92 Å². The Morgan fingerprint density at radius 3 is 1.66 bits per heavy atom. The molecule has 0 aliphatic rings. The molecule has 0 aromatic rings. The fourth-order valence-corrected chi connectivity index (χ4v) is 3.40. The third kappa shape index (κ3) is 13.0. The standard InChI is InChI=1S/C21H38N6O7S/c1-4-11(2)17(24)20(32)26-12(5-7-15(22)28)18(30)25-13(9-10-35-3)19(31)27-14(21(33)34)6-8-16(23)29/h11-14,17H,4-10,24H2,1-3H3,(H2,22,28)(H2,23,29)(H,25,30)(H,26,32)(H,27,31)(H,33,34). The van der Waals surface area contributed by atoms with Crippen LogP contribution >= 0.6 is 11.8 Å². The van der Waals surface area contributed by atoms with Crippen molar-refractivity contribution < 1.29 is 33.9 Å². The van der Waals surface area contributed by atoms with E-state index in [1.54, 1.807) is 13.2 Å². The zero-order valence-corrected chi connectivity index (χ0v) is 21.2. The van der Waals surface area contributed by atoms with Crippen LogP contribution in [-0.4, -0.2) is 76.8 Å². The van der Waals surface area contributed by atoms with Crippen LogP contribution < -0.4 is 33.2 Å². The maximum absolute atomic E-state index is 13.0. The van der Waals surface area contributed by atoms with Gasteiger partial charge in [-0.25, -0.2) is 4.79 Å². The van der Waals surface area contributed by atoms with Gasteiger partial charge in [-0.2, -0.15) is 11.8 Å². The van der Waals surface area contributed by atoms with Gasteiger partial charge in [0.1, 0.15) is 18.1 Å². The van der Waals surface area contributed by atoms with Crippen molar-refractivity contribution >= 4 is 47.3 Å². The second-order valence-electron chi connectivity index (χ2n) is 8.22. The number of hydrogen-bond acceptors (Lipinski definition) is 8. The second kappa shape index (κ2) is 16.7. The van der Waals surface area contributed by atoms with E-state index in [-0.39, 0.29) is 38.0 Å². The number of hydrogen-bond donors (Lipinski definition) is 7. The Labute approximate surface area is 209 Å². The fourth-order valence-electron chi connectivity index (χ4n) is 2.93. The average Bonchev–Trinajstić information content (AvgIpc) is 2.79. The topological polar surface area (TPSA) is 237 Å². The first-order chi connectivity index (χ1) is 16.3. The number of nitrogens with one attached hydrogen (secondary N) is 3. The maximum atomic E-state index is 13.0. The van der Waals surface area contributed by atoms with Crippen molar-refractivity contribution in [2.45, 2.75) is 76.5 Å². The molecule has 0 aliphatic heterocycles. The van der Waals surface area contributed by atoms with Crippen LogP contribution in [0.1, 0.15) is 52.4 Å². The molecule has 0 fully saturated rings. The summed E-state index contributed by atoms with van der Waals surface area (Å²) < 4.78 is 0. The Hall–Kier alpha value is -2.87. The Balaban J connectivity index is 5.56. The summed E-state index contributed by atoms with van der Waals surface area (Å²) in [6, 6.07) is -4.61. The maximum Gasteiger partial charge on any atom is 0.326 e. The van der Waals surface area contributed by atoms with Crippen LogP contribution in [0.3, 0.4) is 0 Å². The summed E-state index contributed by atoms with van der Waals surface area (Å²) in [4.78, 5) is 72.0. The van der Waals surface area contributed by atoms with Gasteiger partial charge >= 0.3 is 5.97 Å². The van der Waals surface area contributed by atoms with Crippen molar-refractivity contribution in [3.8, 4) is 0 Å². The van der Waals surface area contributed by atoms with E-state index in [0.717, 1.165) is 0 Å². The van der Waals surface area contributed by atoms with Gasteiger partial charge in [-0.3, -0.25) is 24.0 Å². The molecule has 13 nitrogen and oxygen atoms in total. The molecule has 0 aromatic carbocycles. The minimum absolute atomic E-state index is 0.118. The monoisotopic (exact) mass is 518 g/mol. The molecule has 14 heteroatoms. The summed E-state index contributed by atoms with van der Waals surface area (Å²) in [5.74, 6) is -4.59. The molecule has 5 atom stereocenters. The molecule has 35 heavy (non-hydrogen) atoms. The Bertz CT molecular complexity index is 766. The van der Waals surface area contributed by atoms with Gasteiger partial charge in [-0.15, -0.1) is 0 Å². The van der Waals surface area contributed by atoms with Crippen LogP contribution in [-0.2, 0) is 28.8 Å². The van der Waals surface area contributed by atoms with Gasteiger partial charge in [0.15, 0.2) is 0 Å². The van der Waals surface area contributed by atoms with Gasteiger partial charge in [0.05, 0.1) is 6.04 Å². The van der Waals surface area contributed by atoms with Gasteiger partial charge in [0.2, 0.25) is 29.5 Å². The van der Waals surface area contributed by atoms with Gasteiger partial charge in [0, 0.05) is 12.8 Å². The normalized spacial score (nSPS) is 15.1. The number of nitrogens with two attached hydrogens (primary N) is 3. The summed E-state index contributed by atoms with van der Waals surface area (Å²) in [5, 5.41) is 16.7. The van der Waals surface area contributed by atoms with Gasteiger partial charge < -0.3 is 38.3 Å². The third-order valence-corrected chi connectivity index (χ3v) is 6.05. The van der Waals surface area contributed by atoms with E-state index in [9.17, 15) is 33.9 Å². The van der Waals surface area contributed by atoms with Crippen LogP contribution in [0.15, 0.2) is 0 Å². The number of carboxylic acids is 1. The molecular weight excluding hydrogens is 480 g/mol. The predicted molar refractivity (Wildman–Crippen MR) is 131 cm³/mol. The summed E-state index contributed by atoms with van der Waals surface area (Å²) in [6.45, 7) is 3.64. The molecule has 0 bridgehead atoms. The molecule has 0 saturated heterocycles. The molecule has 0 aliphatic carbocycles. The first kappa shape index (κ1) is 32.1. The van der Waals surface area contributed by atoms with Crippen molar-refractivity contribution in [3.05, 3.63) is 0 Å². The first-order valence-corrected chi connectivity index (χ1v) is 12.7. The minimum atomic E-state index is -1.39. The lowest BCUT2D eigenvalue weighted by Gasteiger charge is -2.26. The molecule has 0 rings (SSSR count). The lowest BCUT2D eigenvalue weighted by Crippen LogP contribution is -2.57. The number of carbonyl (C=O) groups excluding carboxylic acids is 5. The van der Waals surface area contributed by atoms with E-state index in [2.05, 4.69) is 16.0 Å². The highest BCUT2D eigenvalue weighted by molar-refractivity contribution is 7.98. The van der Waals surface area contributed by atoms with Gasteiger partial charge in [0.25, 0.3) is 0 Å². The molecule has 0 aromatic heterocycles. The summed E-state index contributed by atoms with van der Waals surface area (Å²) in [6.07, 6.45) is 1.78. The molecule has 200 valence electrons. The predicted octanol–water partition coefficient (Wildman–Crippen LogP) is -1.82. The molecular formula is C21H38N6O7S. The number of carbonyl (C=O) groups is 6. The molecule has 5 unspecified atom stereocenters. The molecule has 5 amide bonds. The van der Waals surface area contributed by atoms with Crippen LogP contribution in [0, 0.1) is 5.92 Å². The Kier molecular flexibility index (Phi) is 15.3. The second-order valence-corrected chi connectivity index (χ2v) is 9.21. The highest BCUT2D eigenvalue weighted by Gasteiger charge is 2.31. The van der Waals surface area contributed by atoms with Crippen molar-refractivity contribution in [1.82, 2.24) is 16.0 Å². The number of carboxylic acid groups (broad SMARTS) is 1. The fraction of sp³-hybridized carbons (Fsp3) is 0.714. The van der Waals surface area contributed by atoms with Crippen LogP contribution in [0.2, 0.25) is 0 Å². The summed E-state index contributed by atoms with van der Waals surface area (Å²) in [7, 11) is 0. The lowest BCUT2D eigenvalue weighted by molar-refractivity contribution is -0.142. The number of amides is 5. The van der Waals surface area contributed by atoms with Gasteiger partial charge in [-0.05, 0) is 37.2 Å². The highest BCUT2D eigenvalue weighted by atomic mass is 32.2. The Morgan fingerprint density at radius 1 is 0.800 bits per heavy atom. The smallest absolute Gasteiger partial charge is 0.326 e. The number of primary amides is 2. The van der Waals surface area contributed by atoms with Crippen LogP contribution in [0.25, 0.3) is 0 Å². The van der Waals surface area contributed by atoms with E-state index < -0.39 is 59.7 Å². The summed E-state index contributed by atoms with van der Waals surface area (Å²) in [5.41, 5.74) is 16.2. The van der Waals surface area contributed by atoms with E-state index in [4.69, 9.17) is 17.2 Å². The Morgan fingerprint density at radius 2 is 1.23 bits per heavy atom. The number of rotatable bonds is 18. The van der Waals surface area contributed by atoms with E-state index in [0.29, 0.717) is 12.2 Å². The quantitative estimate of drug-likeness (QED) is 0.108. The molecule has 0 spiro atoms. The molecule has 0 heterocycles.